The van der Waals surface area contributed by atoms with E-state index in [0.29, 0.717) is 6.04 Å². The third-order valence-electron chi connectivity index (χ3n) is 3.32. The van der Waals surface area contributed by atoms with Gasteiger partial charge in [-0.25, -0.2) is 0 Å². The third-order valence-corrected chi connectivity index (χ3v) is 3.56. The highest BCUT2D eigenvalue weighted by Gasteiger charge is 2.11. The summed E-state index contributed by atoms with van der Waals surface area (Å²) in [6.07, 6.45) is 1.07. The molecule has 1 aromatic carbocycles. The Morgan fingerprint density at radius 2 is 2.10 bits per heavy atom. The van der Waals surface area contributed by atoms with Gasteiger partial charge < -0.3 is 15.0 Å². The lowest BCUT2D eigenvalue weighted by Gasteiger charge is -2.23. The van der Waals surface area contributed by atoms with E-state index in [2.05, 4.69) is 36.3 Å². The van der Waals surface area contributed by atoms with Crippen LogP contribution in [0.15, 0.2) is 24.3 Å². The summed E-state index contributed by atoms with van der Waals surface area (Å²) in [5, 5.41) is 4.33. The summed E-state index contributed by atoms with van der Waals surface area (Å²) in [5.41, 5.74) is 1.26. The largest absolute Gasteiger partial charge is 0.380 e. The second-order valence-corrected chi connectivity index (χ2v) is 5.39. The first-order valence-corrected chi connectivity index (χ1v) is 7.80. The van der Waals surface area contributed by atoms with Gasteiger partial charge in [0, 0.05) is 24.2 Å². The third kappa shape index (κ3) is 6.71. The lowest BCUT2D eigenvalue weighted by Crippen LogP contribution is -2.29. The second kappa shape index (κ2) is 10.2. The molecule has 1 aromatic rings. The summed E-state index contributed by atoms with van der Waals surface area (Å²) < 4.78 is 5.38. The van der Waals surface area contributed by atoms with E-state index in [1.807, 2.05) is 19.1 Å². The molecule has 0 saturated heterocycles. The van der Waals surface area contributed by atoms with Crippen molar-refractivity contribution >= 4 is 11.6 Å². The van der Waals surface area contributed by atoms with Crippen molar-refractivity contribution in [1.29, 1.82) is 0 Å². The maximum absolute atomic E-state index is 6.08. The number of nitrogens with one attached hydrogen (secondary N) is 1. The molecule has 1 unspecified atom stereocenters. The van der Waals surface area contributed by atoms with Crippen molar-refractivity contribution in [2.24, 2.45) is 0 Å². The van der Waals surface area contributed by atoms with Crippen LogP contribution in [0.4, 0.5) is 0 Å². The lowest BCUT2D eigenvalue weighted by molar-refractivity contribution is 0.121. The van der Waals surface area contributed by atoms with Crippen molar-refractivity contribution in [3.05, 3.63) is 34.9 Å². The average molecular weight is 299 g/mol. The van der Waals surface area contributed by atoms with Gasteiger partial charge in [0.15, 0.2) is 0 Å². The first-order valence-electron chi connectivity index (χ1n) is 7.42. The zero-order valence-corrected chi connectivity index (χ0v) is 13.6. The highest BCUT2D eigenvalue weighted by molar-refractivity contribution is 6.30. The molecule has 0 bridgehead atoms. The van der Waals surface area contributed by atoms with Crippen LogP contribution in [0, 0.1) is 0 Å². The van der Waals surface area contributed by atoms with Crippen LogP contribution in [0.3, 0.4) is 0 Å². The average Bonchev–Trinajstić information content (AvgIpc) is 2.43. The lowest BCUT2D eigenvalue weighted by atomic mass is 10.0. The van der Waals surface area contributed by atoms with Gasteiger partial charge >= 0.3 is 0 Å². The predicted octanol–water partition coefficient (Wildman–Crippen LogP) is 3.35. The normalized spacial score (nSPS) is 12.8. The second-order valence-electron chi connectivity index (χ2n) is 4.95. The van der Waals surface area contributed by atoms with Gasteiger partial charge in [0.25, 0.3) is 0 Å². The van der Waals surface area contributed by atoms with Crippen molar-refractivity contribution in [2.45, 2.75) is 26.3 Å². The SMILES string of the molecule is CCNC(CCN(C)CCOCC)c1cccc(Cl)c1. The van der Waals surface area contributed by atoms with Gasteiger partial charge in [-0.3, -0.25) is 0 Å². The quantitative estimate of drug-likeness (QED) is 0.671. The Balaban J connectivity index is 2.46. The maximum Gasteiger partial charge on any atom is 0.0593 e. The minimum absolute atomic E-state index is 0.355. The van der Waals surface area contributed by atoms with Crippen LogP contribution in [0.2, 0.25) is 5.02 Å². The minimum atomic E-state index is 0.355. The van der Waals surface area contributed by atoms with E-state index in [9.17, 15) is 0 Å². The summed E-state index contributed by atoms with van der Waals surface area (Å²) in [7, 11) is 2.14. The Morgan fingerprint density at radius 3 is 2.75 bits per heavy atom. The number of likely N-dealkylation sites (N-methyl/N-ethyl adjacent to an activating group) is 1. The molecule has 0 radical (unpaired) electrons. The fourth-order valence-electron chi connectivity index (χ4n) is 2.18. The summed E-state index contributed by atoms with van der Waals surface area (Å²) >= 11 is 6.08. The van der Waals surface area contributed by atoms with E-state index >= 15 is 0 Å². The number of halogens is 1. The molecule has 0 aromatic heterocycles. The Labute approximate surface area is 128 Å². The Hall–Kier alpha value is -0.610. The molecule has 0 fully saturated rings. The summed E-state index contributed by atoms with van der Waals surface area (Å²) in [5.74, 6) is 0. The maximum atomic E-state index is 6.08. The zero-order valence-electron chi connectivity index (χ0n) is 12.9. The van der Waals surface area contributed by atoms with Gasteiger partial charge in [0.2, 0.25) is 0 Å². The highest BCUT2D eigenvalue weighted by atomic mass is 35.5. The summed E-state index contributed by atoms with van der Waals surface area (Å²) in [6.45, 7) is 8.72. The summed E-state index contributed by atoms with van der Waals surface area (Å²) in [6, 6.07) is 8.48. The molecule has 4 heteroatoms. The Morgan fingerprint density at radius 1 is 1.30 bits per heavy atom. The van der Waals surface area contributed by atoms with Crippen LogP contribution in [-0.2, 0) is 4.74 Å². The molecule has 0 spiro atoms. The Kier molecular flexibility index (Phi) is 8.86. The van der Waals surface area contributed by atoms with Gasteiger partial charge in [-0.2, -0.15) is 0 Å². The molecule has 0 amide bonds. The molecule has 0 heterocycles. The van der Waals surface area contributed by atoms with E-state index in [1.54, 1.807) is 0 Å². The molecular weight excluding hydrogens is 272 g/mol. The minimum Gasteiger partial charge on any atom is -0.380 e. The molecule has 0 aliphatic carbocycles. The standard InChI is InChI=1S/C16H27ClN2O/c1-4-18-16(14-7-6-8-15(17)13-14)9-10-19(3)11-12-20-5-2/h6-8,13,16,18H,4-5,9-12H2,1-3H3. The molecular formula is C16H27ClN2O. The number of nitrogens with zero attached hydrogens (tertiary/aromatic N) is 1. The Bertz CT molecular complexity index is 373. The topological polar surface area (TPSA) is 24.5 Å². The van der Waals surface area contributed by atoms with E-state index in [0.717, 1.165) is 44.3 Å². The van der Waals surface area contributed by atoms with Gasteiger partial charge in [-0.1, -0.05) is 30.7 Å². The summed E-state index contributed by atoms with van der Waals surface area (Å²) in [4.78, 5) is 2.31. The van der Waals surface area contributed by atoms with Crippen molar-refractivity contribution in [1.82, 2.24) is 10.2 Å². The predicted molar refractivity (Wildman–Crippen MR) is 86.5 cm³/mol. The van der Waals surface area contributed by atoms with Crippen molar-refractivity contribution in [3.63, 3.8) is 0 Å². The smallest absolute Gasteiger partial charge is 0.0593 e. The van der Waals surface area contributed by atoms with Gasteiger partial charge in [-0.05, 0) is 51.2 Å². The number of rotatable bonds is 10. The van der Waals surface area contributed by atoms with Crippen LogP contribution >= 0.6 is 11.6 Å². The van der Waals surface area contributed by atoms with E-state index in [4.69, 9.17) is 16.3 Å². The highest BCUT2D eigenvalue weighted by Crippen LogP contribution is 2.20. The molecule has 0 saturated carbocycles. The van der Waals surface area contributed by atoms with Crippen LogP contribution in [0.5, 0.6) is 0 Å². The molecule has 1 N–H and O–H groups in total. The number of hydrogen-bond donors (Lipinski definition) is 1. The fraction of sp³-hybridized carbons (Fsp3) is 0.625. The number of ether oxygens (including phenoxy) is 1. The van der Waals surface area contributed by atoms with Crippen molar-refractivity contribution in [2.75, 3.05) is 39.9 Å². The van der Waals surface area contributed by atoms with E-state index < -0.39 is 0 Å². The van der Waals surface area contributed by atoms with Crippen LogP contribution < -0.4 is 5.32 Å². The number of hydrogen-bond acceptors (Lipinski definition) is 3. The van der Waals surface area contributed by atoms with Gasteiger partial charge in [0.05, 0.1) is 6.61 Å². The van der Waals surface area contributed by atoms with Crippen LogP contribution in [0.1, 0.15) is 31.9 Å². The van der Waals surface area contributed by atoms with Crippen molar-refractivity contribution < 1.29 is 4.74 Å². The van der Waals surface area contributed by atoms with Crippen molar-refractivity contribution in [3.8, 4) is 0 Å². The van der Waals surface area contributed by atoms with E-state index in [1.165, 1.54) is 5.56 Å². The first-order chi connectivity index (χ1) is 9.67. The molecule has 0 aliphatic heterocycles. The molecule has 20 heavy (non-hydrogen) atoms. The fourth-order valence-corrected chi connectivity index (χ4v) is 2.38. The number of benzene rings is 1. The molecule has 1 atom stereocenters. The van der Waals surface area contributed by atoms with E-state index in [-0.39, 0.29) is 0 Å². The first kappa shape index (κ1) is 17.4. The van der Waals surface area contributed by atoms with Crippen LogP contribution in [-0.4, -0.2) is 44.8 Å². The van der Waals surface area contributed by atoms with Gasteiger partial charge in [-0.15, -0.1) is 0 Å². The monoisotopic (exact) mass is 298 g/mol. The molecule has 3 nitrogen and oxygen atoms in total. The zero-order chi connectivity index (χ0) is 14.8. The molecule has 0 aliphatic rings. The van der Waals surface area contributed by atoms with Crippen LogP contribution in [0.25, 0.3) is 0 Å². The molecule has 114 valence electrons. The molecule has 1 rings (SSSR count). The van der Waals surface area contributed by atoms with Gasteiger partial charge in [0.1, 0.15) is 0 Å².